The van der Waals surface area contributed by atoms with Crippen LogP contribution in [0.25, 0.3) is 0 Å². The van der Waals surface area contributed by atoms with Crippen LogP contribution in [0.3, 0.4) is 0 Å². The lowest BCUT2D eigenvalue weighted by Crippen LogP contribution is -2.69. The molecular weight excluding hydrogens is 228 g/mol. The Morgan fingerprint density at radius 1 is 1.62 bits per heavy atom. The van der Waals surface area contributed by atoms with E-state index in [2.05, 4.69) is 5.73 Å². The van der Waals surface area contributed by atoms with Crippen LogP contribution in [0.2, 0.25) is 0 Å². The molecule has 3 N–H and O–H groups in total. The zero-order valence-electron chi connectivity index (χ0n) is 9.48. The number of carbonyl (C=O) groups excluding carboxylic acids is 2. The fourth-order valence-corrected chi connectivity index (χ4v) is 2.41. The first-order valence-electron chi connectivity index (χ1n) is 5.41. The molecule has 1 rings (SSSR count). The molecule has 0 aromatic heterocycles. The Balaban J connectivity index is 2.55. The van der Waals surface area contributed by atoms with Crippen LogP contribution < -0.4 is 10.8 Å². The Labute approximate surface area is 99.4 Å². The molecule has 1 aliphatic heterocycles. The molecule has 0 aliphatic carbocycles. The number of carbonyl (C=O) groups is 2. The van der Waals surface area contributed by atoms with Gasteiger partial charge >= 0.3 is 0 Å². The monoisotopic (exact) mass is 246 g/mol. The molecular formula is C10H18N2O3S. The molecule has 0 bridgehead atoms. The largest absolute Gasteiger partial charge is 0.548 e. The summed E-state index contributed by atoms with van der Waals surface area (Å²) in [5, 5.41) is 10.8. The number of thioether (sulfide) groups is 1. The maximum atomic E-state index is 11.9. The standard InChI is InChI=1S/C10H18N2O3S/c1-16-6-4-7(11)9(13)12-5-2-3-8(12)10(14)15/h7-8H,2-6,11H2,1H3,(H,14,15)/t7-,8-/m0/s1. The number of rotatable bonds is 5. The fraction of sp³-hybridized carbons (Fsp3) is 0.800. The lowest BCUT2D eigenvalue weighted by molar-refractivity contribution is -0.406. The van der Waals surface area contributed by atoms with Crippen LogP contribution in [0.5, 0.6) is 0 Å². The molecule has 0 saturated carbocycles. The van der Waals surface area contributed by atoms with Gasteiger partial charge in [0.2, 0.25) is 0 Å². The summed E-state index contributed by atoms with van der Waals surface area (Å²) in [5.41, 5.74) is 3.80. The zero-order valence-corrected chi connectivity index (χ0v) is 10.3. The van der Waals surface area contributed by atoms with E-state index < -0.39 is 12.0 Å². The van der Waals surface area contributed by atoms with E-state index >= 15 is 0 Å². The summed E-state index contributed by atoms with van der Waals surface area (Å²) in [6.07, 6.45) is 3.90. The minimum absolute atomic E-state index is 0.152. The molecule has 1 amide bonds. The van der Waals surface area contributed by atoms with Gasteiger partial charge < -0.3 is 20.5 Å². The minimum Gasteiger partial charge on any atom is -0.548 e. The van der Waals surface area contributed by atoms with Crippen molar-refractivity contribution in [2.24, 2.45) is 0 Å². The van der Waals surface area contributed by atoms with Gasteiger partial charge in [0.25, 0.3) is 5.91 Å². The number of hydrogen-bond donors (Lipinski definition) is 1. The van der Waals surface area contributed by atoms with E-state index in [-0.39, 0.29) is 11.9 Å². The SMILES string of the molecule is CSCC[C@H]([NH3+])C(=O)N1CCC[C@H]1C(=O)[O-]. The van der Waals surface area contributed by atoms with Gasteiger partial charge in [-0.25, -0.2) is 0 Å². The van der Waals surface area contributed by atoms with Crippen LogP contribution >= 0.6 is 11.8 Å². The van der Waals surface area contributed by atoms with Crippen molar-refractivity contribution >= 4 is 23.6 Å². The highest BCUT2D eigenvalue weighted by molar-refractivity contribution is 7.98. The second kappa shape index (κ2) is 6.10. The van der Waals surface area contributed by atoms with Gasteiger partial charge in [-0.2, -0.15) is 11.8 Å². The van der Waals surface area contributed by atoms with Crippen molar-refractivity contribution in [2.75, 3.05) is 18.6 Å². The highest BCUT2D eigenvalue weighted by Gasteiger charge is 2.33. The first kappa shape index (κ1) is 13.3. The van der Waals surface area contributed by atoms with Crippen molar-refractivity contribution in [3.8, 4) is 0 Å². The van der Waals surface area contributed by atoms with Gasteiger partial charge in [-0.1, -0.05) is 0 Å². The third kappa shape index (κ3) is 3.12. The van der Waals surface area contributed by atoms with Gasteiger partial charge in [0.15, 0.2) is 6.04 Å². The van der Waals surface area contributed by atoms with E-state index in [0.29, 0.717) is 19.4 Å². The van der Waals surface area contributed by atoms with E-state index in [0.717, 1.165) is 12.2 Å². The Morgan fingerprint density at radius 3 is 2.88 bits per heavy atom. The van der Waals surface area contributed by atoms with E-state index in [1.165, 1.54) is 4.90 Å². The molecule has 0 radical (unpaired) electrons. The smallest absolute Gasteiger partial charge is 0.281 e. The van der Waals surface area contributed by atoms with Crippen molar-refractivity contribution in [3.63, 3.8) is 0 Å². The third-order valence-electron chi connectivity index (χ3n) is 2.83. The first-order valence-corrected chi connectivity index (χ1v) is 6.80. The van der Waals surface area contributed by atoms with Gasteiger partial charge in [0, 0.05) is 13.0 Å². The summed E-state index contributed by atoms with van der Waals surface area (Å²) in [7, 11) is 0. The Hall–Kier alpha value is -0.750. The number of carboxylic acid groups (broad SMARTS) is 1. The van der Waals surface area contributed by atoms with E-state index in [1.807, 2.05) is 6.26 Å². The molecule has 5 nitrogen and oxygen atoms in total. The summed E-state index contributed by atoms with van der Waals surface area (Å²) < 4.78 is 0. The molecule has 1 fully saturated rings. The lowest BCUT2D eigenvalue weighted by Gasteiger charge is -2.26. The van der Waals surface area contributed by atoms with Crippen LogP contribution in [0.15, 0.2) is 0 Å². The van der Waals surface area contributed by atoms with Crippen molar-refractivity contribution in [3.05, 3.63) is 0 Å². The van der Waals surface area contributed by atoms with Crippen LogP contribution in [-0.4, -0.2) is 47.4 Å². The Morgan fingerprint density at radius 2 is 2.31 bits per heavy atom. The second-order valence-corrected chi connectivity index (χ2v) is 4.97. The van der Waals surface area contributed by atoms with Gasteiger partial charge in [0.1, 0.15) is 0 Å². The molecule has 92 valence electrons. The molecule has 0 aromatic rings. The van der Waals surface area contributed by atoms with Crippen molar-refractivity contribution in [2.45, 2.75) is 31.3 Å². The van der Waals surface area contributed by atoms with Crippen LogP contribution in [0.4, 0.5) is 0 Å². The molecule has 1 aliphatic rings. The number of carboxylic acids is 1. The number of quaternary nitrogens is 1. The highest BCUT2D eigenvalue weighted by atomic mass is 32.2. The van der Waals surface area contributed by atoms with Crippen LogP contribution in [-0.2, 0) is 9.59 Å². The van der Waals surface area contributed by atoms with Crippen molar-refractivity contribution < 1.29 is 20.4 Å². The minimum atomic E-state index is -1.15. The van der Waals surface area contributed by atoms with Gasteiger partial charge in [0.05, 0.1) is 12.0 Å². The molecule has 16 heavy (non-hydrogen) atoms. The van der Waals surface area contributed by atoms with Gasteiger partial charge in [-0.05, 0) is 24.9 Å². The molecule has 1 saturated heterocycles. The molecule has 2 atom stereocenters. The Bertz CT molecular complexity index is 273. The number of aliphatic carboxylic acids is 1. The topological polar surface area (TPSA) is 88.1 Å². The average Bonchev–Trinajstić information content (AvgIpc) is 2.73. The van der Waals surface area contributed by atoms with Gasteiger partial charge in [-0.3, -0.25) is 4.79 Å². The lowest BCUT2D eigenvalue weighted by atomic mass is 10.2. The molecule has 0 spiro atoms. The van der Waals surface area contributed by atoms with Crippen molar-refractivity contribution in [1.29, 1.82) is 0 Å². The van der Waals surface area contributed by atoms with Crippen molar-refractivity contribution in [1.82, 2.24) is 4.90 Å². The quantitative estimate of drug-likeness (QED) is 0.613. The summed E-state index contributed by atoms with van der Waals surface area (Å²) >= 11 is 1.66. The van der Waals surface area contributed by atoms with Gasteiger partial charge in [-0.15, -0.1) is 0 Å². The summed E-state index contributed by atoms with van der Waals surface area (Å²) in [6.45, 7) is 0.517. The Kier molecular flexibility index (Phi) is 5.08. The van der Waals surface area contributed by atoms with Crippen LogP contribution in [0, 0.1) is 0 Å². The molecule has 6 heteroatoms. The van der Waals surface area contributed by atoms with E-state index in [4.69, 9.17) is 0 Å². The molecule has 0 unspecified atom stereocenters. The predicted molar refractivity (Wildman–Crippen MR) is 59.4 cm³/mol. The van der Waals surface area contributed by atoms with E-state index in [1.54, 1.807) is 11.8 Å². The second-order valence-electron chi connectivity index (χ2n) is 3.99. The summed E-state index contributed by atoms with van der Waals surface area (Å²) in [4.78, 5) is 24.2. The number of hydrogen-bond acceptors (Lipinski definition) is 4. The fourth-order valence-electron chi connectivity index (χ4n) is 1.89. The van der Waals surface area contributed by atoms with E-state index in [9.17, 15) is 14.7 Å². The number of likely N-dealkylation sites (tertiary alicyclic amines) is 1. The first-order chi connectivity index (χ1) is 7.57. The van der Waals surface area contributed by atoms with Crippen LogP contribution in [0.1, 0.15) is 19.3 Å². The number of nitrogens with zero attached hydrogens (tertiary/aromatic N) is 1. The zero-order chi connectivity index (χ0) is 12.1. The third-order valence-corrected chi connectivity index (χ3v) is 3.47. The average molecular weight is 246 g/mol. The predicted octanol–water partition coefficient (Wildman–Crippen LogP) is -1.91. The highest BCUT2D eigenvalue weighted by Crippen LogP contribution is 2.17. The normalized spacial score (nSPS) is 22.1. The molecule has 0 aromatic carbocycles. The maximum Gasteiger partial charge on any atom is 0.281 e. The maximum absolute atomic E-state index is 11.9. The molecule has 1 heterocycles. The number of amides is 1. The summed E-state index contributed by atoms with van der Waals surface area (Å²) in [6, 6.07) is -1.08. The summed E-state index contributed by atoms with van der Waals surface area (Å²) in [5.74, 6) is -0.437.